The second kappa shape index (κ2) is 6.96. The largest absolute Gasteiger partial charge is 0.416 e. The lowest BCUT2D eigenvalue weighted by atomic mass is 9.90. The number of ether oxygens (including phenoxy) is 1. The van der Waals surface area contributed by atoms with Gasteiger partial charge in [0.2, 0.25) is 5.91 Å². The molecule has 4 nitrogen and oxygen atoms in total. The molecule has 1 aromatic rings. The predicted molar refractivity (Wildman–Crippen MR) is 86.9 cm³/mol. The number of rotatable bonds is 2. The highest BCUT2D eigenvalue weighted by Gasteiger charge is 2.41. The average Bonchev–Trinajstić information content (AvgIpc) is 2.54. The minimum Gasteiger partial charge on any atom is -0.370 e. The third-order valence-electron chi connectivity index (χ3n) is 4.97. The van der Waals surface area contributed by atoms with Gasteiger partial charge in [0.25, 0.3) is 0 Å². The highest BCUT2D eigenvalue weighted by atomic mass is 19.4. The molecule has 2 aliphatic heterocycles. The summed E-state index contributed by atoms with van der Waals surface area (Å²) in [4.78, 5) is 15.6. The third kappa shape index (κ3) is 4.33. The Bertz CT molecular complexity index is 631. The molecule has 25 heavy (non-hydrogen) atoms. The quantitative estimate of drug-likeness (QED) is 0.817. The molecule has 0 radical (unpaired) electrons. The number of nitrogens with zero attached hydrogens (tertiary/aromatic N) is 2. The first-order valence-electron chi connectivity index (χ1n) is 8.55. The SMILES string of the molecule is CC(=O)N1CCCC2(CN(Cc3cccc(C(F)(F)F)c3)CCO2)C1. The minimum atomic E-state index is -4.33. The van der Waals surface area contributed by atoms with Gasteiger partial charge in [0.05, 0.1) is 24.3 Å². The maximum absolute atomic E-state index is 12.9. The van der Waals surface area contributed by atoms with Crippen LogP contribution in [0, 0.1) is 0 Å². The minimum absolute atomic E-state index is 0.0395. The van der Waals surface area contributed by atoms with E-state index in [-0.39, 0.29) is 5.91 Å². The fraction of sp³-hybridized carbons (Fsp3) is 0.611. The van der Waals surface area contributed by atoms with Gasteiger partial charge in [-0.15, -0.1) is 0 Å². The van der Waals surface area contributed by atoms with Crippen molar-refractivity contribution in [3.05, 3.63) is 35.4 Å². The van der Waals surface area contributed by atoms with Crippen LogP contribution in [0.5, 0.6) is 0 Å². The van der Waals surface area contributed by atoms with Gasteiger partial charge in [-0.25, -0.2) is 0 Å². The van der Waals surface area contributed by atoms with Crippen LogP contribution in [-0.4, -0.2) is 54.1 Å². The van der Waals surface area contributed by atoms with Crippen LogP contribution in [0.25, 0.3) is 0 Å². The fourth-order valence-electron chi connectivity index (χ4n) is 3.78. The molecule has 2 aliphatic rings. The van der Waals surface area contributed by atoms with Crippen LogP contribution in [0.2, 0.25) is 0 Å². The highest BCUT2D eigenvalue weighted by molar-refractivity contribution is 5.73. The van der Waals surface area contributed by atoms with Crippen molar-refractivity contribution in [3.63, 3.8) is 0 Å². The zero-order chi connectivity index (χ0) is 18.1. The lowest BCUT2D eigenvalue weighted by Crippen LogP contribution is -2.60. The van der Waals surface area contributed by atoms with Crippen LogP contribution in [0.3, 0.4) is 0 Å². The average molecular weight is 356 g/mol. The standard InChI is InChI=1S/C18H23F3N2O2/c1-14(24)23-7-3-6-17(13-23)12-22(8-9-25-17)11-15-4-2-5-16(10-15)18(19,20)21/h2,4-5,10H,3,6-9,11-13H2,1H3. The molecule has 2 fully saturated rings. The Balaban J connectivity index is 1.69. The molecule has 0 aromatic heterocycles. The first-order valence-corrected chi connectivity index (χ1v) is 8.55. The van der Waals surface area contributed by atoms with Crippen LogP contribution in [0.15, 0.2) is 24.3 Å². The van der Waals surface area contributed by atoms with E-state index in [1.165, 1.54) is 12.1 Å². The van der Waals surface area contributed by atoms with Crippen LogP contribution in [-0.2, 0) is 22.3 Å². The van der Waals surface area contributed by atoms with Crippen molar-refractivity contribution < 1.29 is 22.7 Å². The van der Waals surface area contributed by atoms with Gasteiger partial charge in [0, 0.05) is 33.1 Å². The lowest BCUT2D eigenvalue weighted by molar-refractivity contribution is -0.156. The van der Waals surface area contributed by atoms with E-state index in [9.17, 15) is 18.0 Å². The molecule has 1 spiro atoms. The molecule has 138 valence electrons. The molecule has 0 N–H and O–H groups in total. The number of piperidine rings is 1. The molecule has 0 aliphatic carbocycles. The van der Waals surface area contributed by atoms with Gasteiger partial charge in [-0.05, 0) is 24.5 Å². The van der Waals surface area contributed by atoms with Crippen molar-refractivity contribution in [2.24, 2.45) is 0 Å². The van der Waals surface area contributed by atoms with Gasteiger partial charge >= 0.3 is 6.18 Å². The number of amides is 1. The van der Waals surface area contributed by atoms with Gasteiger partial charge < -0.3 is 9.64 Å². The number of halogens is 3. The zero-order valence-corrected chi connectivity index (χ0v) is 14.3. The predicted octanol–water partition coefficient (Wildman–Crippen LogP) is 2.92. The number of carbonyl (C=O) groups is 1. The maximum Gasteiger partial charge on any atom is 0.416 e. The van der Waals surface area contributed by atoms with Crippen molar-refractivity contribution in [1.29, 1.82) is 0 Å². The molecule has 1 atom stereocenters. The number of benzene rings is 1. The van der Waals surface area contributed by atoms with E-state index in [1.807, 2.05) is 0 Å². The summed E-state index contributed by atoms with van der Waals surface area (Å²) in [6, 6.07) is 5.48. The molecule has 0 saturated carbocycles. The monoisotopic (exact) mass is 356 g/mol. The molecule has 1 aromatic carbocycles. The molecule has 1 amide bonds. The molecule has 2 heterocycles. The second-order valence-electron chi connectivity index (χ2n) is 6.98. The molecule has 2 saturated heterocycles. The Morgan fingerprint density at radius 1 is 1.28 bits per heavy atom. The van der Waals surface area contributed by atoms with Crippen molar-refractivity contribution in [2.75, 3.05) is 32.8 Å². The molecular formula is C18H23F3N2O2. The second-order valence-corrected chi connectivity index (χ2v) is 6.98. The Hall–Kier alpha value is -1.60. The van der Waals surface area contributed by atoms with Gasteiger partial charge in [0.15, 0.2) is 0 Å². The number of hydrogen-bond acceptors (Lipinski definition) is 3. The van der Waals surface area contributed by atoms with E-state index >= 15 is 0 Å². The van der Waals surface area contributed by atoms with Crippen molar-refractivity contribution in [3.8, 4) is 0 Å². The summed E-state index contributed by atoms with van der Waals surface area (Å²) in [5, 5.41) is 0. The smallest absolute Gasteiger partial charge is 0.370 e. The normalized spacial score (nSPS) is 25.4. The molecule has 0 bridgehead atoms. The van der Waals surface area contributed by atoms with Crippen LogP contribution < -0.4 is 0 Å². The van der Waals surface area contributed by atoms with Crippen molar-refractivity contribution in [2.45, 2.75) is 38.1 Å². The Labute approximate surface area is 145 Å². The molecule has 3 rings (SSSR count). The van der Waals surface area contributed by atoms with E-state index in [0.717, 1.165) is 25.5 Å². The first kappa shape index (κ1) is 18.2. The van der Waals surface area contributed by atoms with E-state index in [2.05, 4.69) is 4.90 Å². The first-order chi connectivity index (χ1) is 11.8. The number of alkyl halides is 3. The Morgan fingerprint density at radius 2 is 2.08 bits per heavy atom. The number of morpholine rings is 1. The fourth-order valence-corrected chi connectivity index (χ4v) is 3.78. The summed E-state index contributed by atoms with van der Waals surface area (Å²) < 4.78 is 44.7. The van der Waals surface area contributed by atoms with E-state index in [0.29, 0.717) is 38.3 Å². The number of likely N-dealkylation sites (tertiary alicyclic amines) is 1. The van der Waals surface area contributed by atoms with Gasteiger partial charge in [-0.3, -0.25) is 9.69 Å². The third-order valence-corrected chi connectivity index (χ3v) is 4.97. The summed E-state index contributed by atoms with van der Waals surface area (Å²) in [6.07, 6.45) is -2.57. The summed E-state index contributed by atoms with van der Waals surface area (Å²) in [6.45, 7) is 5.16. The maximum atomic E-state index is 12.9. The summed E-state index contributed by atoms with van der Waals surface area (Å²) >= 11 is 0. The Kier molecular flexibility index (Phi) is 5.06. The van der Waals surface area contributed by atoms with Crippen molar-refractivity contribution >= 4 is 5.91 Å². The van der Waals surface area contributed by atoms with Gasteiger partial charge in [-0.2, -0.15) is 13.2 Å². The summed E-state index contributed by atoms with van der Waals surface area (Å²) in [5.41, 5.74) is -0.372. The van der Waals surface area contributed by atoms with Crippen LogP contribution >= 0.6 is 0 Å². The Morgan fingerprint density at radius 3 is 2.80 bits per heavy atom. The number of hydrogen-bond donors (Lipinski definition) is 0. The molecule has 1 unspecified atom stereocenters. The lowest BCUT2D eigenvalue weighted by Gasteiger charge is -2.48. The number of carbonyl (C=O) groups excluding carboxylic acids is 1. The van der Waals surface area contributed by atoms with Gasteiger partial charge in [0.1, 0.15) is 0 Å². The summed E-state index contributed by atoms with van der Waals surface area (Å²) in [5.74, 6) is 0.0395. The summed E-state index contributed by atoms with van der Waals surface area (Å²) in [7, 11) is 0. The van der Waals surface area contributed by atoms with E-state index in [1.54, 1.807) is 17.9 Å². The van der Waals surface area contributed by atoms with E-state index in [4.69, 9.17) is 4.74 Å². The van der Waals surface area contributed by atoms with Crippen LogP contribution in [0.1, 0.15) is 30.9 Å². The topological polar surface area (TPSA) is 32.8 Å². The van der Waals surface area contributed by atoms with Crippen LogP contribution in [0.4, 0.5) is 13.2 Å². The highest BCUT2D eigenvalue weighted by Crippen LogP contribution is 2.32. The molecular weight excluding hydrogens is 333 g/mol. The van der Waals surface area contributed by atoms with Crippen molar-refractivity contribution in [1.82, 2.24) is 9.80 Å². The zero-order valence-electron chi connectivity index (χ0n) is 14.3. The van der Waals surface area contributed by atoms with Gasteiger partial charge in [-0.1, -0.05) is 18.2 Å². The molecule has 7 heteroatoms. The van der Waals surface area contributed by atoms with E-state index < -0.39 is 17.3 Å².